The zero-order chi connectivity index (χ0) is 10.7. The number of benzene rings is 1. The molecule has 1 heterocycles. The fourth-order valence-corrected chi connectivity index (χ4v) is 1.36. The van der Waals surface area contributed by atoms with E-state index in [9.17, 15) is 4.39 Å². The Morgan fingerprint density at radius 2 is 2.33 bits per heavy atom. The third-order valence-electron chi connectivity index (χ3n) is 2.04. The molecular weight excluding hydrogens is 197 g/mol. The Kier molecular flexibility index (Phi) is 2.62. The van der Waals surface area contributed by atoms with E-state index in [1.54, 1.807) is 24.2 Å². The molecule has 0 atom stereocenters. The molecular formula is C10H10FN3O. The third-order valence-corrected chi connectivity index (χ3v) is 2.04. The number of ether oxygens (including phenoxy) is 1. The third kappa shape index (κ3) is 2.12. The normalized spacial score (nSPS) is 10.3. The van der Waals surface area contributed by atoms with Crippen molar-refractivity contribution in [2.45, 2.75) is 6.54 Å². The van der Waals surface area contributed by atoms with Crippen molar-refractivity contribution >= 4 is 0 Å². The molecule has 0 aliphatic heterocycles. The maximum absolute atomic E-state index is 13.0. The van der Waals surface area contributed by atoms with Crippen molar-refractivity contribution in [3.05, 3.63) is 42.2 Å². The van der Waals surface area contributed by atoms with Crippen LogP contribution in [0.15, 0.2) is 30.9 Å². The minimum Gasteiger partial charge on any atom is -0.496 e. The first kappa shape index (κ1) is 9.64. The molecule has 15 heavy (non-hydrogen) atoms. The topological polar surface area (TPSA) is 39.9 Å². The van der Waals surface area contributed by atoms with Gasteiger partial charge in [0.1, 0.15) is 24.2 Å². The standard InChI is InChI=1S/C10H10FN3O/c1-15-10-3-2-9(11)4-8(10)5-14-7-12-6-13-14/h2-4,6-7H,5H2,1H3. The van der Waals surface area contributed by atoms with Crippen molar-refractivity contribution in [2.24, 2.45) is 0 Å². The SMILES string of the molecule is COc1ccc(F)cc1Cn1cncn1. The van der Waals surface area contributed by atoms with Crippen molar-refractivity contribution in [1.82, 2.24) is 14.8 Å². The summed E-state index contributed by atoms with van der Waals surface area (Å²) >= 11 is 0. The molecule has 0 radical (unpaired) electrons. The maximum Gasteiger partial charge on any atom is 0.137 e. The van der Waals surface area contributed by atoms with Gasteiger partial charge < -0.3 is 4.74 Å². The smallest absolute Gasteiger partial charge is 0.137 e. The van der Waals surface area contributed by atoms with E-state index in [-0.39, 0.29) is 5.82 Å². The van der Waals surface area contributed by atoms with Crippen LogP contribution in [0.1, 0.15) is 5.56 Å². The van der Waals surface area contributed by atoms with Gasteiger partial charge in [0, 0.05) is 5.56 Å². The largest absolute Gasteiger partial charge is 0.496 e. The molecule has 0 amide bonds. The lowest BCUT2D eigenvalue weighted by atomic mass is 10.2. The highest BCUT2D eigenvalue weighted by Gasteiger charge is 2.05. The summed E-state index contributed by atoms with van der Waals surface area (Å²) in [4.78, 5) is 3.81. The van der Waals surface area contributed by atoms with Crippen molar-refractivity contribution < 1.29 is 9.13 Å². The second-order valence-electron chi connectivity index (χ2n) is 3.05. The second kappa shape index (κ2) is 4.08. The Labute approximate surface area is 86.3 Å². The van der Waals surface area contributed by atoms with E-state index in [4.69, 9.17) is 4.74 Å². The van der Waals surface area contributed by atoms with Crippen LogP contribution in [0.5, 0.6) is 5.75 Å². The Bertz CT molecular complexity index is 442. The summed E-state index contributed by atoms with van der Waals surface area (Å²) in [6.07, 6.45) is 3.01. The molecule has 1 aromatic carbocycles. The van der Waals surface area contributed by atoms with Gasteiger partial charge in [0.2, 0.25) is 0 Å². The van der Waals surface area contributed by atoms with E-state index < -0.39 is 0 Å². The lowest BCUT2D eigenvalue weighted by Gasteiger charge is -2.07. The van der Waals surface area contributed by atoms with Crippen LogP contribution in [0.3, 0.4) is 0 Å². The van der Waals surface area contributed by atoms with E-state index >= 15 is 0 Å². The molecule has 4 nitrogen and oxygen atoms in total. The van der Waals surface area contributed by atoms with Crippen LogP contribution in [0.25, 0.3) is 0 Å². The predicted octanol–water partition coefficient (Wildman–Crippen LogP) is 1.47. The molecule has 0 saturated carbocycles. The van der Waals surface area contributed by atoms with Gasteiger partial charge >= 0.3 is 0 Å². The molecule has 0 saturated heterocycles. The summed E-state index contributed by atoms with van der Waals surface area (Å²) in [6.45, 7) is 0.445. The van der Waals surface area contributed by atoms with Gasteiger partial charge in [-0.3, -0.25) is 0 Å². The van der Waals surface area contributed by atoms with Crippen LogP contribution >= 0.6 is 0 Å². The monoisotopic (exact) mass is 207 g/mol. The number of hydrogen-bond donors (Lipinski definition) is 0. The van der Waals surface area contributed by atoms with Gasteiger partial charge in [0.05, 0.1) is 13.7 Å². The van der Waals surface area contributed by atoms with E-state index in [0.717, 1.165) is 5.56 Å². The number of halogens is 1. The van der Waals surface area contributed by atoms with Gasteiger partial charge in [-0.2, -0.15) is 5.10 Å². The van der Waals surface area contributed by atoms with Gasteiger partial charge in [0.25, 0.3) is 0 Å². The Hall–Kier alpha value is -1.91. The first-order chi connectivity index (χ1) is 7.29. The van der Waals surface area contributed by atoms with Gasteiger partial charge in [-0.25, -0.2) is 14.1 Å². The highest BCUT2D eigenvalue weighted by Crippen LogP contribution is 2.19. The summed E-state index contributed by atoms with van der Waals surface area (Å²) in [5.74, 6) is 0.359. The lowest BCUT2D eigenvalue weighted by molar-refractivity contribution is 0.406. The van der Waals surface area contributed by atoms with E-state index in [2.05, 4.69) is 10.1 Å². The predicted molar refractivity (Wildman–Crippen MR) is 52.1 cm³/mol. The van der Waals surface area contributed by atoms with Crippen LogP contribution < -0.4 is 4.74 Å². The molecule has 0 spiro atoms. The summed E-state index contributed by atoms with van der Waals surface area (Å²) in [5.41, 5.74) is 0.739. The molecule has 5 heteroatoms. The van der Waals surface area contributed by atoms with Crippen molar-refractivity contribution in [1.29, 1.82) is 0 Å². The molecule has 0 aliphatic rings. The van der Waals surface area contributed by atoms with Crippen LogP contribution in [-0.2, 0) is 6.54 Å². The quantitative estimate of drug-likeness (QED) is 0.765. The number of nitrogens with zero attached hydrogens (tertiary/aromatic N) is 3. The fraction of sp³-hybridized carbons (Fsp3) is 0.200. The molecule has 0 unspecified atom stereocenters. The summed E-state index contributed by atoms with van der Waals surface area (Å²) < 4.78 is 19.7. The summed E-state index contributed by atoms with van der Waals surface area (Å²) in [6, 6.07) is 4.39. The van der Waals surface area contributed by atoms with Gasteiger partial charge in [-0.1, -0.05) is 0 Å². The van der Waals surface area contributed by atoms with Crippen molar-refractivity contribution in [2.75, 3.05) is 7.11 Å². The Morgan fingerprint density at radius 3 is 3.00 bits per heavy atom. The van der Waals surface area contributed by atoms with Crippen molar-refractivity contribution in [3.8, 4) is 5.75 Å². The van der Waals surface area contributed by atoms with Crippen molar-refractivity contribution in [3.63, 3.8) is 0 Å². The molecule has 0 fully saturated rings. The van der Waals surface area contributed by atoms with Gasteiger partial charge in [-0.15, -0.1) is 0 Å². The van der Waals surface area contributed by atoms with Crippen LogP contribution in [0.4, 0.5) is 4.39 Å². The van der Waals surface area contributed by atoms with E-state index in [1.165, 1.54) is 18.5 Å². The summed E-state index contributed by atoms with van der Waals surface area (Å²) in [5, 5.41) is 3.94. The minimum absolute atomic E-state index is 0.286. The zero-order valence-electron chi connectivity index (χ0n) is 8.22. The van der Waals surface area contributed by atoms with Gasteiger partial charge in [-0.05, 0) is 18.2 Å². The van der Waals surface area contributed by atoms with E-state index in [1.807, 2.05) is 0 Å². The maximum atomic E-state index is 13.0. The molecule has 2 rings (SSSR count). The number of aromatic nitrogens is 3. The first-order valence-corrected chi connectivity index (χ1v) is 4.44. The van der Waals surface area contributed by atoms with Crippen LogP contribution in [-0.4, -0.2) is 21.9 Å². The molecule has 78 valence electrons. The second-order valence-corrected chi connectivity index (χ2v) is 3.05. The first-order valence-electron chi connectivity index (χ1n) is 4.44. The number of methoxy groups -OCH3 is 1. The van der Waals surface area contributed by atoms with Crippen LogP contribution in [0.2, 0.25) is 0 Å². The highest BCUT2D eigenvalue weighted by molar-refractivity contribution is 5.33. The number of rotatable bonds is 3. The van der Waals surface area contributed by atoms with E-state index in [0.29, 0.717) is 12.3 Å². The Morgan fingerprint density at radius 1 is 1.47 bits per heavy atom. The highest BCUT2D eigenvalue weighted by atomic mass is 19.1. The minimum atomic E-state index is -0.286. The van der Waals surface area contributed by atoms with Gasteiger partial charge in [0.15, 0.2) is 0 Å². The average molecular weight is 207 g/mol. The summed E-state index contributed by atoms with van der Waals surface area (Å²) in [7, 11) is 1.55. The molecule has 1 aromatic heterocycles. The van der Waals surface area contributed by atoms with Crippen LogP contribution in [0, 0.1) is 5.82 Å². The molecule has 0 N–H and O–H groups in total. The fourth-order valence-electron chi connectivity index (χ4n) is 1.36. The Balaban J connectivity index is 2.30. The lowest BCUT2D eigenvalue weighted by Crippen LogP contribution is -2.02. The molecule has 2 aromatic rings. The molecule has 0 bridgehead atoms. The number of hydrogen-bond acceptors (Lipinski definition) is 3. The molecule has 0 aliphatic carbocycles. The zero-order valence-corrected chi connectivity index (χ0v) is 8.22. The average Bonchev–Trinajstić information content (AvgIpc) is 2.71.